The lowest BCUT2D eigenvalue weighted by Crippen LogP contribution is -2.29. The van der Waals surface area contributed by atoms with Crippen LogP contribution in [-0.4, -0.2) is 18.9 Å². The minimum absolute atomic E-state index is 0.237. The summed E-state index contributed by atoms with van der Waals surface area (Å²) >= 11 is 0. The summed E-state index contributed by atoms with van der Waals surface area (Å²) in [6, 6.07) is 12.8. The maximum atomic E-state index is 12.2. The molecule has 24 heavy (non-hydrogen) atoms. The third kappa shape index (κ3) is 4.13. The van der Waals surface area contributed by atoms with Gasteiger partial charge in [0, 0.05) is 5.69 Å². The van der Waals surface area contributed by atoms with Crippen LogP contribution in [0.2, 0.25) is 0 Å². The van der Waals surface area contributed by atoms with Crippen molar-refractivity contribution in [2.75, 3.05) is 17.7 Å². The number of hydrogen-bond donors (Lipinski definition) is 2. The number of hydrogen-bond acceptors (Lipinski definition) is 3. The first-order chi connectivity index (χ1) is 11.4. The van der Waals surface area contributed by atoms with Crippen LogP contribution in [0.4, 0.5) is 11.4 Å². The number of benzene rings is 2. The van der Waals surface area contributed by atoms with Gasteiger partial charge in [-0.25, -0.2) is 0 Å². The van der Waals surface area contributed by atoms with Gasteiger partial charge in [0.1, 0.15) is 5.75 Å². The second-order valence-corrected chi connectivity index (χ2v) is 5.85. The summed E-state index contributed by atoms with van der Waals surface area (Å²) in [6.07, 6.45) is 0. The van der Waals surface area contributed by atoms with Gasteiger partial charge >= 0.3 is 11.8 Å². The number of methoxy groups -OCH3 is 1. The maximum Gasteiger partial charge on any atom is 0.314 e. The molecule has 2 amide bonds. The lowest BCUT2D eigenvalue weighted by Gasteiger charge is -2.14. The van der Waals surface area contributed by atoms with E-state index in [0.29, 0.717) is 17.1 Å². The molecular formula is C19H22N2O3. The number of amides is 2. The van der Waals surface area contributed by atoms with E-state index in [1.165, 1.54) is 7.11 Å². The Labute approximate surface area is 142 Å². The van der Waals surface area contributed by atoms with Crippen molar-refractivity contribution in [2.45, 2.75) is 26.7 Å². The van der Waals surface area contributed by atoms with E-state index in [-0.39, 0.29) is 5.92 Å². The Kier molecular flexibility index (Phi) is 5.58. The quantitative estimate of drug-likeness (QED) is 0.842. The largest absolute Gasteiger partial charge is 0.495 e. The molecule has 2 aromatic carbocycles. The summed E-state index contributed by atoms with van der Waals surface area (Å²) in [4.78, 5) is 24.4. The molecule has 0 aliphatic rings. The minimum atomic E-state index is -0.738. The molecule has 0 atom stereocenters. The molecule has 0 unspecified atom stereocenters. The molecule has 0 spiro atoms. The fraction of sp³-hybridized carbons (Fsp3) is 0.263. The van der Waals surface area contributed by atoms with Gasteiger partial charge in [-0.3, -0.25) is 9.59 Å². The third-order valence-corrected chi connectivity index (χ3v) is 3.64. The van der Waals surface area contributed by atoms with Crippen LogP contribution in [0.5, 0.6) is 5.75 Å². The molecule has 0 saturated carbocycles. The Morgan fingerprint density at radius 2 is 1.58 bits per heavy atom. The standard InChI is InChI=1S/C19H22N2O3/c1-12(2)14-7-5-6-8-15(14)20-18(22)19(23)21-16-11-13(3)9-10-17(16)24-4/h5-12H,1-4H3,(H,20,22)(H,21,23). The van der Waals surface area contributed by atoms with Crippen molar-refractivity contribution in [3.8, 4) is 5.75 Å². The van der Waals surface area contributed by atoms with E-state index in [4.69, 9.17) is 4.74 Å². The fourth-order valence-corrected chi connectivity index (χ4v) is 2.39. The van der Waals surface area contributed by atoms with E-state index in [9.17, 15) is 9.59 Å². The van der Waals surface area contributed by atoms with E-state index >= 15 is 0 Å². The first-order valence-electron chi connectivity index (χ1n) is 7.78. The summed E-state index contributed by atoms with van der Waals surface area (Å²) in [6.45, 7) is 5.96. The molecule has 0 aliphatic carbocycles. The van der Waals surface area contributed by atoms with Crippen molar-refractivity contribution in [1.29, 1.82) is 0 Å². The van der Waals surface area contributed by atoms with E-state index in [2.05, 4.69) is 10.6 Å². The Hall–Kier alpha value is -2.82. The minimum Gasteiger partial charge on any atom is -0.495 e. The third-order valence-electron chi connectivity index (χ3n) is 3.64. The van der Waals surface area contributed by atoms with Gasteiger partial charge in [0.15, 0.2) is 0 Å². The highest BCUT2D eigenvalue weighted by atomic mass is 16.5. The predicted molar refractivity (Wildman–Crippen MR) is 95.5 cm³/mol. The predicted octanol–water partition coefficient (Wildman–Crippen LogP) is 3.70. The van der Waals surface area contributed by atoms with Crippen LogP contribution in [-0.2, 0) is 9.59 Å². The maximum absolute atomic E-state index is 12.2. The van der Waals surface area contributed by atoms with E-state index in [0.717, 1.165) is 11.1 Å². The number of rotatable bonds is 4. The topological polar surface area (TPSA) is 67.4 Å². The SMILES string of the molecule is COc1ccc(C)cc1NC(=O)C(=O)Nc1ccccc1C(C)C. The van der Waals surface area contributed by atoms with Gasteiger partial charge in [-0.05, 0) is 42.2 Å². The zero-order valence-corrected chi connectivity index (χ0v) is 14.3. The molecule has 0 radical (unpaired) electrons. The molecule has 5 heteroatoms. The summed E-state index contributed by atoms with van der Waals surface area (Å²) < 4.78 is 5.20. The number of aryl methyl sites for hydroxylation is 1. The van der Waals surface area contributed by atoms with Gasteiger partial charge in [0.25, 0.3) is 0 Å². The molecule has 0 fully saturated rings. The average Bonchev–Trinajstić information content (AvgIpc) is 2.55. The van der Waals surface area contributed by atoms with Gasteiger partial charge in [-0.1, -0.05) is 38.1 Å². The van der Waals surface area contributed by atoms with Crippen LogP contribution < -0.4 is 15.4 Å². The van der Waals surface area contributed by atoms with Gasteiger partial charge in [-0.2, -0.15) is 0 Å². The van der Waals surface area contributed by atoms with Crippen LogP contribution in [0.25, 0.3) is 0 Å². The lowest BCUT2D eigenvalue weighted by atomic mass is 10.0. The molecule has 0 aliphatic heterocycles. The highest BCUT2D eigenvalue weighted by molar-refractivity contribution is 6.43. The summed E-state index contributed by atoms with van der Waals surface area (Å²) in [7, 11) is 1.51. The molecule has 0 aromatic heterocycles. The van der Waals surface area contributed by atoms with Crippen LogP contribution in [0, 0.1) is 6.92 Å². The Morgan fingerprint density at radius 1 is 0.958 bits per heavy atom. The van der Waals surface area contributed by atoms with Crippen LogP contribution in [0.15, 0.2) is 42.5 Å². The van der Waals surface area contributed by atoms with E-state index in [1.807, 2.05) is 45.0 Å². The van der Waals surface area contributed by atoms with Crippen molar-refractivity contribution in [2.24, 2.45) is 0 Å². The second-order valence-electron chi connectivity index (χ2n) is 5.85. The number of carbonyl (C=O) groups is 2. The van der Waals surface area contributed by atoms with Gasteiger partial charge in [0.2, 0.25) is 0 Å². The van der Waals surface area contributed by atoms with E-state index < -0.39 is 11.8 Å². The van der Waals surface area contributed by atoms with Crippen LogP contribution >= 0.6 is 0 Å². The van der Waals surface area contributed by atoms with Gasteiger partial charge in [-0.15, -0.1) is 0 Å². The van der Waals surface area contributed by atoms with Gasteiger partial charge < -0.3 is 15.4 Å². The van der Waals surface area contributed by atoms with Crippen molar-refractivity contribution in [3.63, 3.8) is 0 Å². The fourth-order valence-electron chi connectivity index (χ4n) is 2.39. The first kappa shape index (κ1) is 17.5. The Bertz CT molecular complexity index is 754. The van der Waals surface area contributed by atoms with E-state index in [1.54, 1.807) is 18.2 Å². The monoisotopic (exact) mass is 326 g/mol. The average molecular weight is 326 g/mol. The molecule has 5 nitrogen and oxygen atoms in total. The summed E-state index contributed by atoms with van der Waals surface area (Å²) in [5.74, 6) is -0.713. The Morgan fingerprint density at radius 3 is 2.21 bits per heavy atom. The molecule has 0 saturated heterocycles. The zero-order chi connectivity index (χ0) is 17.7. The number of carbonyl (C=O) groups excluding carboxylic acids is 2. The smallest absolute Gasteiger partial charge is 0.314 e. The normalized spacial score (nSPS) is 10.4. The molecule has 126 valence electrons. The number of nitrogens with one attached hydrogen (secondary N) is 2. The van der Waals surface area contributed by atoms with Crippen molar-refractivity contribution < 1.29 is 14.3 Å². The van der Waals surface area contributed by atoms with Crippen molar-refractivity contribution in [3.05, 3.63) is 53.6 Å². The lowest BCUT2D eigenvalue weighted by molar-refractivity contribution is -0.133. The zero-order valence-electron chi connectivity index (χ0n) is 14.3. The molecule has 2 N–H and O–H groups in total. The molecule has 0 heterocycles. The molecular weight excluding hydrogens is 304 g/mol. The molecule has 2 aromatic rings. The summed E-state index contributed by atoms with van der Waals surface area (Å²) in [5, 5.41) is 5.27. The Balaban J connectivity index is 2.14. The first-order valence-corrected chi connectivity index (χ1v) is 7.78. The second kappa shape index (κ2) is 7.64. The van der Waals surface area contributed by atoms with Gasteiger partial charge in [0.05, 0.1) is 12.8 Å². The van der Waals surface area contributed by atoms with Crippen LogP contribution in [0.3, 0.4) is 0 Å². The number of anilines is 2. The highest BCUT2D eigenvalue weighted by Gasteiger charge is 2.18. The molecule has 0 bridgehead atoms. The van der Waals surface area contributed by atoms with Crippen molar-refractivity contribution >= 4 is 23.2 Å². The number of ether oxygens (including phenoxy) is 1. The molecule has 2 rings (SSSR count). The highest BCUT2D eigenvalue weighted by Crippen LogP contribution is 2.26. The van der Waals surface area contributed by atoms with Crippen molar-refractivity contribution in [1.82, 2.24) is 0 Å². The number of para-hydroxylation sites is 1. The summed E-state index contributed by atoms with van der Waals surface area (Å²) in [5.41, 5.74) is 3.04. The van der Waals surface area contributed by atoms with Crippen LogP contribution in [0.1, 0.15) is 30.9 Å².